The highest BCUT2D eigenvalue weighted by Gasteiger charge is 2.43. The Morgan fingerprint density at radius 1 is 1.14 bits per heavy atom. The second kappa shape index (κ2) is 8.84. The molecule has 1 unspecified atom stereocenters. The second-order valence-corrected chi connectivity index (χ2v) is 7.91. The minimum absolute atomic E-state index is 0.0133. The first-order chi connectivity index (χ1) is 13.9. The molecule has 1 atom stereocenters. The van der Waals surface area contributed by atoms with E-state index in [4.69, 9.17) is 9.47 Å². The number of para-hydroxylation sites is 2. The zero-order valence-electron chi connectivity index (χ0n) is 17.5. The molecule has 3 rings (SSSR count). The first-order valence-electron chi connectivity index (χ1n) is 10.4. The van der Waals surface area contributed by atoms with Crippen LogP contribution in [0.5, 0.6) is 5.75 Å². The lowest BCUT2D eigenvalue weighted by Gasteiger charge is -2.38. The first-order valence-corrected chi connectivity index (χ1v) is 10.4. The van der Waals surface area contributed by atoms with Gasteiger partial charge in [-0.25, -0.2) is 0 Å². The zero-order valence-corrected chi connectivity index (χ0v) is 17.5. The molecule has 0 bridgehead atoms. The molecule has 1 aromatic rings. The molecule has 2 aliphatic heterocycles. The molecule has 2 amide bonds. The fourth-order valence-corrected chi connectivity index (χ4v) is 4.05. The molecule has 0 spiro atoms. The number of nitrogens with zero attached hydrogens (tertiary/aromatic N) is 2. The number of carbonyl (C=O) groups excluding carboxylic acids is 3. The van der Waals surface area contributed by atoms with Gasteiger partial charge in [0.25, 0.3) is 0 Å². The number of amides is 2. The summed E-state index contributed by atoms with van der Waals surface area (Å²) in [5.74, 6) is 0.00938. The molecule has 0 aromatic heterocycles. The molecule has 7 heteroatoms. The van der Waals surface area contributed by atoms with E-state index in [1.807, 2.05) is 38.1 Å². The average Bonchev–Trinajstić information content (AvgIpc) is 3.10. The van der Waals surface area contributed by atoms with Crippen LogP contribution in [0.2, 0.25) is 0 Å². The maximum atomic E-state index is 13.0. The fraction of sp³-hybridized carbons (Fsp3) is 0.591. The van der Waals surface area contributed by atoms with E-state index in [1.54, 1.807) is 16.7 Å². The van der Waals surface area contributed by atoms with Crippen LogP contribution in [0.4, 0.5) is 5.69 Å². The molecule has 0 saturated carbocycles. The van der Waals surface area contributed by atoms with Gasteiger partial charge < -0.3 is 19.3 Å². The number of hydrogen-bond donors (Lipinski definition) is 0. The van der Waals surface area contributed by atoms with Crippen molar-refractivity contribution in [2.75, 3.05) is 37.7 Å². The SMILES string of the molecule is CCOC(=O)C1(C)CCN(C(=O)C2CC(=O)N(c3ccccc3OCC)C2)CC1. The van der Waals surface area contributed by atoms with Gasteiger partial charge in [0.2, 0.25) is 11.8 Å². The number of likely N-dealkylation sites (tertiary alicyclic amines) is 1. The molecule has 29 heavy (non-hydrogen) atoms. The summed E-state index contributed by atoms with van der Waals surface area (Å²) in [5.41, 5.74) is 0.170. The molecule has 2 aliphatic rings. The van der Waals surface area contributed by atoms with E-state index in [0.29, 0.717) is 57.1 Å². The Labute approximate surface area is 171 Å². The molecule has 0 aliphatic carbocycles. The summed E-state index contributed by atoms with van der Waals surface area (Å²) in [6.07, 6.45) is 1.36. The summed E-state index contributed by atoms with van der Waals surface area (Å²) in [6, 6.07) is 7.41. The highest BCUT2D eigenvalue weighted by Crippen LogP contribution is 2.36. The van der Waals surface area contributed by atoms with Gasteiger partial charge in [0.1, 0.15) is 5.75 Å². The number of benzene rings is 1. The number of anilines is 1. The fourth-order valence-electron chi connectivity index (χ4n) is 4.05. The van der Waals surface area contributed by atoms with Crippen molar-refractivity contribution >= 4 is 23.5 Å². The van der Waals surface area contributed by atoms with Crippen LogP contribution in [-0.4, -0.2) is 55.5 Å². The lowest BCUT2D eigenvalue weighted by molar-refractivity contribution is -0.159. The van der Waals surface area contributed by atoms with Crippen molar-refractivity contribution in [3.8, 4) is 5.75 Å². The molecular weight excluding hydrogens is 372 g/mol. The van der Waals surface area contributed by atoms with Crippen LogP contribution in [0.3, 0.4) is 0 Å². The van der Waals surface area contributed by atoms with Crippen LogP contribution in [0.1, 0.15) is 40.0 Å². The van der Waals surface area contributed by atoms with Crippen LogP contribution in [0.25, 0.3) is 0 Å². The van der Waals surface area contributed by atoms with Crippen LogP contribution in [-0.2, 0) is 19.1 Å². The summed E-state index contributed by atoms with van der Waals surface area (Å²) >= 11 is 0. The smallest absolute Gasteiger partial charge is 0.311 e. The van der Waals surface area contributed by atoms with Gasteiger partial charge in [-0.1, -0.05) is 12.1 Å². The quantitative estimate of drug-likeness (QED) is 0.684. The lowest BCUT2D eigenvalue weighted by atomic mass is 9.80. The monoisotopic (exact) mass is 402 g/mol. The highest BCUT2D eigenvalue weighted by molar-refractivity contribution is 6.01. The van der Waals surface area contributed by atoms with Gasteiger partial charge in [-0.2, -0.15) is 0 Å². The normalized spacial score (nSPS) is 21.2. The predicted molar refractivity (Wildman–Crippen MR) is 109 cm³/mol. The third-order valence-corrected chi connectivity index (χ3v) is 5.88. The highest BCUT2D eigenvalue weighted by atomic mass is 16.5. The maximum Gasteiger partial charge on any atom is 0.311 e. The maximum absolute atomic E-state index is 13.0. The van der Waals surface area contributed by atoms with Gasteiger partial charge in [0, 0.05) is 26.1 Å². The number of rotatable bonds is 6. The van der Waals surface area contributed by atoms with E-state index in [9.17, 15) is 14.4 Å². The van der Waals surface area contributed by atoms with Crippen molar-refractivity contribution in [2.24, 2.45) is 11.3 Å². The van der Waals surface area contributed by atoms with E-state index < -0.39 is 5.41 Å². The Bertz CT molecular complexity index is 770. The molecule has 2 heterocycles. The summed E-state index contributed by atoms with van der Waals surface area (Å²) < 4.78 is 10.8. The molecule has 2 fully saturated rings. The number of carbonyl (C=O) groups is 3. The predicted octanol–water partition coefficient (Wildman–Crippen LogP) is 2.63. The first kappa shape index (κ1) is 21.1. The van der Waals surface area contributed by atoms with Crippen LogP contribution >= 0.6 is 0 Å². The standard InChI is InChI=1S/C22H30N2O5/c1-4-28-18-9-7-6-8-17(18)24-15-16(14-19(24)25)20(26)23-12-10-22(3,11-13-23)21(27)29-5-2/h6-9,16H,4-5,10-15H2,1-3H3. The third kappa shape index (κ3) is 4.38. The van der Waals surface area contributed by atoms with Gasteiger partial charge in [-0.05, 0) is 45.7 Å². The topological polar surface area (TPSA) is 76.2 Å². The van der Waals surface area contributed by atoms with Crippen molar-refractivity contribution in [1.82, 2.24) is 4.90 Å². The number of esters is 1. The average molecular weight is 402 g/mol. The summed E-state index contributed by atoms with van der Waals surface area (Å²) in [7, 11) is 0. The Morgan fingerprint density at radius 3 is 2.48 bits per heavy atom. The molecule has 158 valence electrons. The van der Waals surface area contributed by atoms with Gasteiger partial charge >= 0.3 is 5.97 Å². The minimum atomic E-state index is -0.541. The number of hydrogen-bond acceptors (Lipinski definition) is 5. The van der Waals surface area contributed by atoms with Gasteiger partial charge in [0.05, 0.1) is 30.2 Å². The summed E-state index contributed by atoms with van der Waals surface area (Å²) in [4.78, 5) is 41.3. The van der Waals surface area contributed by atoms with E-state index in [-0.39, 0.29) is 30.1 Å². The van der Waals surface area contributed by atoms with Crippen LogP contribution in [0.15, 0.2) is 24.3 Å². The van der Waals surface area contributed by atoms with Gasteiger partial charge in [-0.15, -0.1) is 0 Å². The Balaban J connectivity index is 1.64. The number of ether oxygens (including phenoxy) is 2. The Morgan fingerprint density at radius 2 is 1.83 bits per heavy atom. The largest absolute Gasteiger partial charge is 0.492 e. The zero-order chi connectivity index (χ0) is 21.0. The van der Waals surface area contributed by atoms with E-state index in [0.717, 1.165) is 0 Å². The van der Waals surface area contributed by atoms with Crippen molar-refractivity contribution < 1.29 is 23.9 Å². The molecule has 2 saturated heterocycles. The molecular formula is C22H30N2O5. The van der Waals surface area contributed by atoms with Crippen molar-refractivity contribution in [2.45, 2.75) is 40.0 Å². The summed E-state index contributed by atoms with van der Waals surface area (Å²) in [6.45, 7) is 7.84. The van der Waals surface area contributed by atoms with Crippen molar-refractivity contribution in [1.29, 1.82) is 0 Å². The van der Waals surface area contributed by atoms with Gasteiger partial charge in [-0.3, -0.25) is 14.4 Å². The van der Waals surface area contributed by atoms with E-state index >= 15 is 0 Å². The Hall–Kier alpha value is -2.57. The minimum Gasteiger partial charge on any atom is -0.492 e. The van der Waals surface area contributed by atoms with E-state index in [2.05, 4.69) is 0 Å². The van der Waals surface area contributed by atoms with Crippen LogP contribution in [0, 0.1) is 11.3 Å². The van der Waals surface area contributed by atoms with Crippen molar-refractivity contribution in [3.63, 3.8) is 0 Å². The Kier molecular flexibility index (Phi) is 6.45. The van der Waals surface area contributed by atoms with Gasteiger partial charge in [0.15, 0.2) is 0 Å². The molecule has 0 radical (unpaired) electrons. The van der Waals surface area contributed by atoms with E-state index in [1.165, 1.54) is 0 Å². The molecule has 1 aromatic carbocycles. The lowest BCUT2D eigenvalue weighted by Crippen LogP contribution is -2.47. The third-order valence-electron chi connectivity index (χ3n) is 5.88. The van der Waals surface area contributed by atoms with Crippen LogP contribution < -0.4 is 9.64 Å². The van der Waals surface area contributed by atoms with Crippen molar-refractivity contribution in [3.05, 3.63) is 24.3 Å². The molecule has 7 nitrogen and oxygen atoms in total. The number of piperidine rings is 1. The molecule has 0 N–H and O–H groups in total. The summed E-state index contributed by atoms with van der Waals surface area (Å²) in [5, 5.41) is 0. The second-order valence-electron chi connectivity index (χ2n) is 7.91.